The van der Waals surface area contributed by atoms with Crippen molar-refractivity contribution >= 4 is 16.3 Å². The SMILES string of the molecule is COc1ccc(C2=CC3CCCC(C2)N3Cc2ccccc2)c2ccccc12. The lowest BCUT2D eigenvalue weighted by Gasteiger charge is -2.45. The van der Waals surface area contributed by atoms with Crippen LogP contribution in [0.15, 0.2) is 72.8 Å². The summed E-state index contributed by atoms with van der Waals surface area (Å²) >= 11 is 0. The number of methoxy groups -OCH3 is 1. The smallest absolute Gasteiger partial charge is 0.126 e. The molecule has 0 saturated carbocycles. The number of benzene rings is 3. The van der Waals surface area contributed by atoms with E-state index in [0.717, 1.165) is 18.7 Å². The summed E-state index contributed by atoms with van der Waals surface area (Å²) < 4.78 is 5.60. The van der Waals surface area contributed by atoms with E-state index < -0.39 is 0 Å². The van der Waals surface area contributed by atoms with E-state index >= 15 is 0 Å². The Morgan fingerprint density at radius 1 is 0.893 bits per heavy atom. The molecule has 2 nitrogen and oxygen atoms in total. The van der Waals surface area contributed by atoms with Crippen molar-refractivity contribution in [2.45, 2.75) is 44.3 Å². The van der Waals surface area contributed by atoms with E-state index in [4.69, 9.17) is 4.74 Å². The minimum absolute atomic E-state index is 0.545. The van der Waals surface area contributed by atoms with Gasteiger partial charge >= 0.3 is 0 Å². The summed E-state index contributed by atoms with van der Waals surface area (Å²) in [7, 11) is 1.76. The van der Waals surface area contributed by atoms with Crippen LogP contribution in [0.2, 0.25) is 0 Å². The van der Waals surface area contributed by atoms with Gasteiger partial charge in [-0.1, -0.05) is 73.2 Å². The standard InChI is InChI=1S/C26H27NO/c1-28-26-15-14-23(24-12-5-6-13-25(24)26)20-16-21-10-7-11-22(17-20)27(21)18-19-8-3-2-4-9-19/h2-6,8-9,12-16,21-22H,7,10-11,17-18H2,1H3. The van der Waals surface area contributed by atoms with Gasteiger partial charge in [0.05, 0.1) is 7.11 Å². The molecule has 2 bridgehead atoms. The molecule has 28 heavy (non-hydrogen) atoms. The highest BCUT2D eigenvalue weighted by atomic mass is 16.5. The summed E-state index contributed by atoms with van der Waals surface area (Å²) in [6, 6.07) is 25.1. The number of hydrogen-bond donors (Lipinski definition) is 0. The number of nitrogens with zero attached hydrogens (tertiary/aromatic N) is 1. The van der Waals surface area contributed by atoms with Crippen LogP contribution in [-0.2, 0) is 6.54 Å². The van der Waals surface area contributed by atoms with Crippen LogP contribution in [0.1, 0.15) is 36.8 Å². The van der Waals surface area contributed by atoms with Crippen molar-refractivity contribution in [1.29, 1.82) is 0 Å². The van der Waals surface area contributed by atoms with Crippen LogP contribution in [0, 0.1) is 0 Å². The fourth-order valence-corrected chi connectivity index (χ4v) is 5.09. The van der Waals surface area contributed by atoms with Gasteiger partial charge in [-0.3, -0.25) is 4.90 Å². The monoisotopic (exact) mass is 369 g/mol. The van der Waals surface area contributed by atoms with Gasteiger partial charge in [-0.2, -0.15) is 0 Å². The molecule has 2 heterocycles. The fourth-order valence-electron chi connectivity index (χ4n) is 5.09. The van der Waals surface area contributed by atoms with Crippen molar-refractivity contribution in [2.75, 3.05) is 7.11 Å². The van der Waals surface area contributed by atoms with Crippen molar-refractivity contribution in [2.24, 2.45) is 0 Å². The topological polar surface area (TPSA) is 12.5 Å². The summed E-state index contributed by atoms with van der Waals surface area (Å²) in [6.07, 6.45) is 7.59. The molecule has 3 aromatic carbocycles. The lowest BCUT2D eigenvalue weighted by Crippen LogP contribution is -2.47. The van der Waals surface area contributed by atoms with E-state index in [1.165, 1.54) is 46.7 Å². The van der Waals surface area contributed by atoms with Gasteiger partial charge in [-0.25, -0.2) is 0 Å². The molecule has 142 valence electrons. The highest BCUT2D eigenvalue weighted by molar-refractivity contribution is 5.97. The first-order chi connectivity index (χ1) is 13.8. The molecule has 2 aliphatic rings. The van der Waals surface area contributed by atoms with Gasteiger partial charge < -0.3 is 4.74 Å². The van der Waals surface area contributed by atoms with Crippen LogP contribution in [-0.4, -0.2) is 24.1 Å². The third-order valence-corrected chi connectivity index (χ3v) is 6.44. The van der Waals surface area contributed by atoms with Crippen LogP contribution >= 0.6 is 0 Å². The predicted octanol–water partition coefficient (Wildman–Crippen LogP) is 6.06. The number of rotatable bonds is 4. The molecule has 0 aliphatic carbocycles. The second kappa shape index (κ2) is 7.44. The van der Waals surface area contributed by atoms with Gasteiger partial charge in [0.15, 0.2) is 0 Å². The second-order valence-electron chi connectivity index (χ2n) is 8.07. The molecule has 1 saturated heterocycles. The Morgan fingerprint density at radius 2 is 1.68 bits per heavy atom. The lowest BCUT2D eigenvalue weighted by atomic mass is 9.81. The Bertz CT molecular complexity index is 1010. The number of hydrogen-bond acceptors (Lipinski definition) is 2. The van der Waals surface area contributed by atoms with Gasteiger partial charge in [0.25, 0.3) is 0 Å². The molecule has 2 atom stereocenters. The Kier molecular flexibility index (Phi) is 4.66. The van der Waals surface area contributed by atoms with Gasteiger partial charge in [0.2, 0.25) is 0 Å². The highest BCUT2D eigenvalue weighted by Crippen LogP contribution is 2.41. The molecule has 2 aliphatic heterocycles. The molecule has 0 spiro atoms. The molecular formula is C26H27NO. The minimum atomic E-state index is 0.545. The highest BCUT2D eigenvalue weighted by Gasteiger charge is 2.34. The normalized spacial score (nSPS) is 22.1. The van der Waals surface area contributed by atoms with Crippen LogP contribution < -0.4 is 4.74 Å². The summed E-state index contributed by atoms with van der Waals surface area (Å²) in [5.74, 6) is 0.960. The second-order valence-corrected chi connectivity index (χ2v) is 8.07. The average molecular weight is 370 g/mol. The third kappa shape index (κ3) is 3.12. The van der Waals surface area contributed by atoms with Gasteiger partial charge in [-0.15, -0.1) is 0 Å². The first-order valence-corrected chi connectivity index (χ1v) is 10.4. The van der Waals surface area contributed by atoms with Crippen molar-refractivity contribution in [3.8, 4) is 5.75 Å². The molecule has 2 heteroatoms. The number of piperidine rings is 1. The summed E-state index contributed by atoms with van der Waals surface area (Å²) in [5, 5.41) is 2.52. The van der Waals surface area contributed by atoms with E-state index in [-0.39, 0.29) is 0 Å². The van der Waals surface area contributed by atoms with Crippen molar-refractivity contribution in [1.82, 2.24) is 4.90 Å². The molecule has 2 unspecified atom stereocenters. The molecular weight excluding hydrogens is 342 g/mol. The van der Waals surface area contributed by atoms with Crippen LogP contribution in [0.5, 0.6) is 5.75 Å². The third-order valence-electron chi connectivity index (χ3n) is 6.44. The minimum Gasteiger partial charge on any atom is -0.496 e. The molecule has 0 amide bonds. The van der Waals surface area contributed by atoms with Crippen molar-refractivity contribution < 1.29 is 4.74 Å². The molecule has 5 rings (SSSR count). The van der Waals surface area contributed by atoms with E-state index in [1.807, 2.05) is 0 Å². The molecule has 3 aromatic rings. The van der Waals surface area contributed by atoms with Gasteiger partial charge in [-0.05, 0) is 47.4 Å². The maximum absolute atomic E-state index is 5.60. The Labute approximate surface area is 167 Å². The van der Waals surface area contributed by atoms with Crippen LogP contribution in [0.3, 0.4) is 0 Å². The Morgan fingerprint density at radius 3 is 2.46 bits per heavy atom. The van der Waals surface area contributed by atoms with Gasteiger partial charge in [0, 0.05) is 24.0 Å². The number of ether oxygens (including phenoxy) is 1. The first kappa shape index (κ1) is 17.5. The van der Waals surface area contributed by atoms with E-state index in [1.54, 1.807) is 7.11 Å². The molecule has 0 aromatic heterocycles. The van der Waals surface area contributed by atoms with Crippen molar-refractivity contribution in [3.63, 3.8) is 0 Å². The van der Waals surface area contributed by atoms with Crippen LogP contribution in [0.4, 0.5) is 0 Å². The largest absolute Gasteiger partial charge is 0.496 e. The molecule has 0 N–H and O–H groups in total. The summed E-state index contributed by atoms with van der Waals surface area (Å²) in [4.78, 5) is 2.73. The Hall–Kier alpha value is -2.58. The summed E-state index contributed by atoms with van der Waals surface area (Å²) in [5.41, 5.74) is 4.32. The maximum atomic E-state index is 5.60. The quantitative estimate of drug-likeness (QED) is 0.554. The van der Waals surface area contributed by atoms with Crippen molar-refractivity contribution in [3.05, 3.63) is 83.9 Å². The molecule has 1 fully saturated rings. The summed E-state index contributed by atoms with van der Waals surface area (Å²) in [6.45, 7) is 1.06. The predicted molar refractivity (Wildman–Crippen MR) is 117 cm³/mol. The Balaban J connectivity index is 1.52. The van der Waals surface area contributed by atoms with Gasteiger partial charge in [0.1, 0.15) is 5.75 Å². The van der Waals surface area contributed by atoms with Crippen LogP contribution in [0.25, 0.3) is 16.3 Å². The zero-order valence-corrected chi connectivity index (χ0v) is 16.5. The zero-order chi connectivity index (χ0) is 18.9. The van der Waals surface area contributed by atoms with E-state index in [2.05, 4.69) is 77.7 Å². The average Bonchev–Trinajstić information content (AvgIpc) is 2.73. The number of fused-ring (bicyclic) bond motifs is 3. The lowest BCUT2D eigenvalue weighted by molar-refractivity contribution is 0.0951. The maximum Gasteiger partial charge on any atom is 0.126 e. The molecule has 0 radical (unpaired) electrons. The van der Waals surface area contributed by atoms with E-state index in [0.29, 0.717) is 12.1 Å². The van der Waals surface area contributed by atoms with E-state index in [9.17, 15) is 0 Å². The zero-order valence-electron chi connectivity index (χ0n) is 16.5. The first-order valence-electron chi connectivity index (χ1n) is 10.4. The fraction of sp³-hybridized carbons (Fsp3) is 0.308.